The van der Waals surface area contributed by atoms with Crippen molar-refractivity contribution in [2.24, 2.45) is 5.92 Å². The maximum atomic E-state index is 12.4. The highest BCUT2D eigenvalue weighted by molar-refractivity contribution is 6.30. The Bertz CT molecular complexity index is 659. The highest BCUT2D eigenvalue weighted by atomic mass is 35.5. The lowest BCUT2D eigenvalue weighted by Crippen LogP contribution is -2.46. The monoisotopic (exact) mass is 321 g/mol. The van der Waals surface area contributed by atoms with E-state index < -0.39 is 17.5 Å². The highest BCUT2D eigenvalue weighted by Crippen LogP contribution is 2.42. The van der Waals surface area contributed by atoms with E-state index in [1.165, 1.54) is 0 Å². The van der Waals surface area contributed by atoms with Gasteiger partial charge in [-0.15, -0.1) is 0 Å². The minimum Gasteiger partial charge on any atom is -0.324 e. The van der Waals surface area contributed by atoms with Gasteiger partial charge >= 0.3 is 6.03 Å². The molecule has 0 bridgehead atoms. The number of urea groups is 1. The Kier molecular flexibility index (Phi) is 3.56. The predicted molar refractivity (Wildman–Crippen MR) is 81.5 cm³/mol. The zero-order valence-electron chi connectivity index (χ0n) is 12.1. The molecular weight excluding hydrogens is 306 g/mol. The van der Waals surface area contributed by atoms with Crippen LogP contribution in [0.15, 0.2) is 24.3 Å². The van der Waals surface area contributed by atoms with Gasteiger partial charge < -0.3 is 10.6 Å². The molecule has 0 spiro atoms. The largest absolute Gasteiger partial charge is 0.325 e. The summed E-state index contributed by atoms with van der Waals surface area (Å²) < 4.78 is 0. The van der Waals surface area contributed by atoms with Crippen LogP contribution in [-0.4, -0.2) is 34.8 Å². The Morgan fingerprint density at radius 1 is 1.45 bits per heavy atom. The van der Waals surface area contributed by atoms with Crippen molar-refractivity contribution in [3.63, 3.8) is 0 Å². The van der Waals surface area contributed by atoms with Crippen LogP contribution in [0.3, 0.4) is 0 Å². The Hall–Kier alpha value is -2.08. The number of amides is 4. The van der Waals surface area contributed by atoms with Crippen molar-refractivity contribution in [1.82, 2.24) is 10.2 Å². The summed E-state index contributed by atoms with van der Waals surface area (Å²) in [6.45, 7) is 1.42. The molecule has 1 saturated heterocycles. The maximum Gasteiger partial charge on any atom is 0.325 e. The third kappa shape index (κ3) is 2.66. The van der Waals surface area contributed by atoms with Gasteiger partial charge in [0.25, 0.3) is 5.91 Å². The van der Waals surface area contributed by atoms with Gasteiger partial charge in [0.2, 0.25) is 5.91 Å². The van der Waals surface area contributed by atoms with Gasteiger partial charge in [0.15, 0.2) is 0 Å². The van der Waals surface area contributed by atoms with Crippen molar-refractivity contribution < 1.29 is 14.4 Å². The van der Waals surface area contributed by atoms with Crippen molar-refractivity contribution in [3.8, 4) is 0 Å². The van der Waals surface area contributed by atoms with Crippen LogP contribution in [0.4, 0.5) is 10.5 Å². The molecule has 0 aromatic heterocycles. The van der Waals surface area contributed by atoms with Crippen LogP contribution < -0.4 is 10.6 Å². The normalized spacial score (nSPS) is 24.4. The lowest BCUT2D eigenvalue weighted by atomic mass is 9.96. The molecule has 2 N–H and O–H groups in total. The summed E-state index contributed by atoms with van der Waals surface area (Å²) in [5.74, 6) is -0.600. The van der Waals surface area contributed by atoms with Crippen molar-refractivity contribution in [2.75, 3.05) is 11.9 Å². The number of hydrogen-bond acceptors (Lipinski definition) is 3. The topological polar surface area (TPSA) is 78.5 Å². The summed E-state index contributed by atoms with van der Waals surface area (Å²) >= 11 is 5.84. The third-order valence-electron chi connectivity index (χ3n) is 4.11. The second-order valence-corrected chi connectivity index (χ2v) is 6.29. The Morgan fingerprint density at radius 2 is 2.18 bits per heavy atom. The number of rotatable bonds is 4. The van der Waals surface area contributed by atoms with Crippen molar-refractivity contribution >= 4 is 35.1 Å². The predicted octanol–water partition coefficient (Wildman–Crippen LogP) is 2.00. The molecule has 2 fully saturated rings. The van der Waals surface area contributed by atoms with E-state index in [1.54, 1.807) is 31.2 Å². The van der Waals surface area contributed by atoms with Gasteiger partial charge in [-0.05, 0) is 43.9 Å². The lowest BCUT2D eigenvalue weighted by Gasteiger charge is -2.20. The molecule has 1 heterocycles. The molecule has 4 amide bonds. The molecule has 1 aromatic rings. The molecule has 22 heavy (non-hydrogen) atoms. The number of carbonyl (C=O) groups is 3. The van der Waals surface area contributed by atoms with Crippen LogP contribution in [0, 0.1) is 5.92 Å². The van der Waals surface area contributed by atoms with Gasteiger partial charge in [-0.3, -0.25) is 14.5 Å². The zero-order valence-corrected chi connectivity index (χ0v) is 12.8. The van der Waals surface area contributed by atoms with Crippen LogP contribution in [0.1, 0.15) is 19.8 Å². The molecule has 116 valence electrons. The second kappa shape index (κ2) is 5.28. The molecule has 3 rings (SSSR count). The molecule has 1 atom stereocenters. The first kappa shape index (κ1) is 14.8. The second-order valence-electron chi connectivity index (χ2n) is 5.86. The van der Waals surface area contributed by atoms with Gasteiger partial charge in [0.05, 0.1) is 0 Å². The van der Waals surface area contributed by atoms with E-state index in [4.69, 9.17) is 11.6 Å². The van der Waals surface area contributed by atoms with E-state index in [-0.39, 0.29) is 18.4 Å². The first-order chi connectivity index (χ1) is 10.4. The molecule has 7 heteroatoms. The summed E-state index contributed by atoms with van der Waals surface area (Å²) in [6.07, 6.45) is 1.84. The van der Waals surface area contributed by atoms with Crippen LogP contribution in [-0.2, 0) is 9.59 Å². The number of imide groups is 1. The minimum absolute atomic E-state index is 0.171. The van der Waals surface area contributed by atoms with E-state index in [0.29, 0.717) is 10.7 Å². The smallest absolute Gasteiger partial charge is 0.324 e. The number of benzene rings is 1. The lowest BCUT2D eigenvalue weighted by molar-refractivity contribution is -0.134. The Balaban J connectivity index is 1.66. The van der Waals surface area contributed by atoms with Crippen LogP contribution >= 0.6 is 11.6 Å². The van der Waals surface area contributed by atoms with E-state index in [0.717, 1.165) is 17.7 Å². The van der Waals surface area contributed by atoms with Gasteiger partial charge in [0, 0.05) is 10.7 Å². The zero-order chi connectivity index (χ0) is 15.9. The molecule has 1 aromatic carbocycles. The molecule has 6 nitrogen and oxygen atoms in total. The average Bonchev–Trinajstić information content (AvgIpc) is 3.25. The highest BCUT2D eigenvalue weighted by Gasteiger charge is 2.56. The summed E-state index contributed by atoms with van der Waals surface area (Å²) in [6, 6.07) is 6.16. The van der Waals surface area contributed by atoms with E-state index in [2.05, 4.69) is 10.6 Å². The standard InChI is InChI=1S/C15H16ClN3O3/c1-15(9-5-6-9)13(21)19(14(22)18-15)8-12(20)17-11-4-2-3-10(16)7-11/h2-4,7,9H,5-6,8H2,1H3,(H,17,20)(H,18,22)/t15-/m0/s1. The fourth-order valence-corrected chi connectivity index (χ4v) is 2.90. The third-order valence-corrected chi connectivity index (χ3v) is 4.34. The van der Waals surface area contributed by atoms with Crippen molar-refractivity contribution in [3.05, 3.63) is 29.3 Å². The van der Waals surface area contributed by atoms with Crippen molar-refractivity contribution in [2.45, 2.75) is 25.3 Å². The number of halogens is 1. The van der Waals surface area contributed by atoms with Crippen LogP contribution in [0.2, 0.25) is 5.02 Å². The molecule has 2 aliphatic rings. The summed E-state index contributed by atoms with van der Waals surface area (Å²) in [7, 11) is 0. The Labute approximate surface area is 132 Å². The van der Waals surface area contributed by atoms with E-state index in [1.807, 2.05) is 0 Å². The fraction of sp³-hybridized carbons (Fsp3) is 0.400. The number of anilines is 1. The maximum absolute atomic E-state index is 12.4. The van der Waals surface area contributed by atoms with Crippen LogP contribution in [0.25, 0.3) is 0 Å². The van der Waals surface area contributed by atoms with Gasteiger partial charge in [0.1, 0.15) is 12.1 Å². The van der Waals surface area contributed by atoms with Crippen LogP contribution in [0.5, 0.6) is 0 Å². The van der Waals surface area contributed by atoms with E-state index >= 15 is 0 Å². The average molecular weight is 322 g/mol. The van der Waals surface area contributed by atoms with Gasteiger partial charge in [-0.25, -0.2) is 4.79 Å². The Morgan fingerprint density at radius 3 is 2.82 bits per heavy atom. The van der Waals surface area contributed by atoms with Gasteiger partial charge in [-0.2, -0.15) is 0 Å². The molecule has 0 unspecified atom stereocenters. The van der Waals surface area contributed by atoms with Gasteiger partial charge in [-0.1, -0.05) is 17.7 Å². The molecule has 1 aliphatic heterocycles. The first-order valence-corrected chi connectivity index (χ1v) is 7.47. The summed E-state index contributed by atoms with van der Waals surface area (Å²) in [4.78, 5) is 37.4. The SMILES string of the molecule is C[C@@]1(C2CC2)NC(=O)N(CC(=O)Nc2cccc(Cl)c2)C1=O. The quantitative estimate of drug-likeness (QED) is 0.833. The molecular formula is C15H16ClN3O3. The fourth-order valence-electron chi connectivity index (χ4n) is 2.71. The number of hydrogen-bond donors (Lipinski definition) is 2. The number of nitrogens with zero attached hydrogens (tertiary/aromatic N) is 1. The minimum atomic E-state index is -0.868. The number of nitrogens with one attached hydrogen (secondary N) is 2. The molecule has 1 saturated carbocycles. The summed E-state index contributed by atoms with van der Waals surface area (Å²) in [5.41, 5.74) is -0.345. The summed E-state index contributed by atoms with van der Waals surface area (Å²) in [5, 5.41) is 5.83. The van der Waals surface area contributed by atoms with E-state index in [9.17, 15) is 14.4 Å². The van der Waals surface area contributed by atoms with Crippen molar-refractivity contribution in [1.29, 1.82) is 0 Å². The first-order valence-electron chi connectivity index (χ1n) is 7.09. The molecule has 0 radical (unpaired) electrons. The number of carbonyl (C=O) groups excluding carboxylic acids is 3. The molecule has 1 aliphatic carbocycles.